The van der Waals surface area contributed by atoms with Crippen LogP contribution in [0.15, 0.2) is 41.0 Å². The maximum absolute atomic E-state index is 14.1. The van der Waals surface area contributed by atoms with E-state index in [1.54, 1.807) is 19.9 Å². The molecule has 1 aromatic rings. The summed E-state index contributed by atoms with van der Waals surface area (Å²) in [6.07, 6.45) is 5.97. The van der Waals surface area contributed by atoms with Crippen molar-refractivity contribution in [2.24, 2.45) is 11.7 Å². The number of carbonyl (C=O) groups is 1. The first kappa shape index (κ1) is 22.8. The number of rotatable bonds is 7. The fraction of sp³-hybridized carbons (Fsp3) is 0.500. The molecule has 1 aliphatic carbocycles. The van der Waals surface area contributed by atoms with Crippen molar-refractivity contribution in [3.05, 3.63) is 57.9 Å². The van der Waals surface area contributed by atoms with Crippen molar-refractivity contribution in [1.82, 2.24) is 0 Å². The molecule has 1 heterocycles. The predicted molar refractivity (Wildman–Crippen MR) is 113 cm³/mol. The average molecular weight is 429 g/mol. The number of carbonyl (C=O) groups excluding carboxylic acids is 1. The third-order valence-corrected chi connectivity index (χ3v) is 5.85. The third kappa shape index (κ3) is 5.26. The standard InChI is InChI=1S/C24H29FN2O4/c1-3-30-24(28)21-15(2)31-23(27)20(12-26)22(21)19-10-9-18(25)11-17(19)14-29-13-16-7-5-4-6-8-16/h9-11,16,22H,3-8,13-14,27H2,1-2H3. The molecule has 166 valence electrons. The van der Waals surface area contributed by atoms with Gasteiger partial charge in [-0.1, -0.05) is 25.3 Å². The molecular weight excluding hydrogens is 399 g/mol. The number of ether oxygens (including phenoxy) is 3. The highest BCUT2D eigenvalue weighted by molar-refractivity contribution is 5.92. The van der Waals surface area contributed by atoms with Gasteiger partial charge in [-0.3, -0.25) is 0 Å². The lowest BCUT2D eigenvalue weighted by atomic mass is 9.81. The fourth-order valence-electron chi connectivity index (χ4n) is 4.34. The molecule has 1 atom stereocenters. The molecule has 1 aromatic carbocycles. The molecule has 1 fully saturated rings. The van der Waals surface area contributed by atoms with Crippen LogP contribution >= 0.6 is 0 Å². The van der Waals surface area contributed by atoms with E-state index >= 15 is 0 Å². The molecule has 0 saturated heterocycles. The van der Waals surface area contributed by atoms with Gasteiger partial charge in [0.2, 0.25) is 5.88 Å². The fourth-order valence-corrected chi connectivity index (χ4v) is 4.34. The summed E-state index contributed by atoms with van der Waals surface area (Å²) in [6, 6.07) is 6.31. The van der Waals surface area contributed by atoms with Crippen molar-refractivity contribution in [3.8, 4) is 6.07 Å². The summed E-state index contributed by atoms with van der Waals surface area (Å²) >= 11 is 0. The van der Waals surface area contributed by atoms with Gasteiger partial charge in [-0.2, -0.15) is 5.26 Å². The predicted octanol–water partition coefficient (Wildman–Crippen LogP) is 4.57. The van der Waals surface area contributed by atoms with Gasteiger partial charge in [0, 0.05) is 6.61 Å². The van der Waals surface area contributed by atoms with Gasteiger partial charge in [0.1, 0.15) is 23.2 Å². The first-order valence-corrected chi connectivity index (χ1v) is 10.8. The normalized spacial score (nSPS) is 19.7. The monoisotopic (exact) mass is 428 g/mol. The van der Waals surface area contributed by atoms with E-state index in [1.165, 1.54) is 31.4 Å². The quantitative estimate of drug-likeness (QED) is 0.640. The number of hydrogen-bond donors (Lipinski definition) is 1. The van der Waals surface area contributed by atoms with E-state index in [2.05, 4.69) is 6.07 Å². The minimum Gasteiger partial charge on any atom is -0.463 e. The van der Waals surface area contributed by atoms with Crippen molar-refractivity contribution in [2.75, 3.05) is 13.2 Å². The van der Waals surface area contributed by atoms with Gasteiger partial charge < -0.3 is 19.9 Å². The van der Waals surface area contributed by atoms with E-state index in [9.17, 15) is 14.4 Å². The number of nitrogens with two attached hydrogens (primary N) is 1. The lowest BCUT2D eigenvalue weighted by Crippen LogP contribution is -2.26. The van der Waals surface area contributed by atoms with Crippen molar-refractivity contribution in [3.63, 3.8) is 0 Å². The van der Waals surface area contributed by atoms with Crippen molar-refractivity contribution < 1.29 is 23.4 Å². The molecular formula is C24H29FN2O4. The molecule has 6 nitrogen and oxygen atoms in total. The molecule has 0 amide bonds. The molecule has 0 bridgehead atoms. The van der Waals surface area contributed by atoms with Crippen LogP contribution < -0.4 is 5.73 Å². The van der Waals surface area contributed by atoms with Gasteiger partial charge in [-0.05, 0) is 55.9 Å². The Hall–Kier alpha value is -2.85. The smallest absolute Gasteiger partial charge is 0.338 e. The van der Waals surface area contributed by atoms with E-state index in [4.69, 9.17) is 19.9 Å². The van der Waals surface area contributed by atoms with E-state index in [0.29, 0.717) is 23.7 Å². The molecule has 1 aliphatic heterocycles. The Morgan fingerprint density at radius 1 is 1.32 bits per heavy atom. The molecule has 3 rings (SSSR count). The Bertz CT molecular complexity index is 926. The molecule has 1 saturated carbocycles. The van der Waals surface area contributed by atoms with Crippen LogP contribution in [0.3, 0.4) is 0 Å². The zero-order chi connectivity index (χ0) is 22.4. The van der Waals surface area contributed by atoms with Crippen LogP contribution in [0, 0.1) is 23.1 Å². The molecule has 0 aromatic heterocycles. The molecule has 2 N–H and O–H groups in total. The summed E-state index contributed by atoms with van der Waals surface area (Å²) in [5.74, 6) is -1.12. The van der Waals surface area contributed by atoms with Crippen LogP contribution in [0.4, 0.5) is 4.39 Å². The highest BCUT2D eigenvalue weighted by Gasteiger charge is 2.37. The number of nitriles is 1. The number of benzene rings is 1. The van der Waals surface area contributed by atoms with Gasteiger partial charge in [0.05, 0.1) is 24.7 Å². The Morgan fingerprint density at radius 3 is 2.74 bits per heavy atom. The minimum atomic E-state index is -0.813. The zero-order valence-corrected chi connectivity index (χ0v) is 18.1. The topological polar surface area (TPSA) is 94.6 Å². The largest absolute Gasteiger partial charge is 0.463 e. The van der Waals surface area contributed by atoms with E-state index in [-0.39, 0.29) is 36.0 Å². The lowest BCUT2D eigenvalue weighted by Gasteiger charge is -2.28. The number of allylic oxidation sites excluding steroid dienone is 2. The Labute approximate surface area is 182 Å². The molecule has 1 unspecified atom stereocenters. The van der Waals surface area contributed by atoms with Crippen LogP contribution in [0.25, 0.3) is 0 Å². The highest BCUT2D eigenvalue weighted by Crippen LogP contribution is 2.41. The molecule has 7 heteroatoms. The van der Waals surface area contributed by atoms with Crippen LogP contribution in [0.2, 0.25) is 0 Å². The maximum atomic E-state index is 14.1. The van der Waals surface area contributed by atoms with Crippen LogP contribution in [-0.4, -0.2) is 19.2 Å². The average Bonchev–Trinajstić information content (AvgIpc) is 2.74. The molecule has 2 aliphatic rings. The molecule has 0 spiro atoms. The van der Waals surface area contributed by atoms with Crippen LogP contribution in [0.5, 0.6) is 0 Å². The zero-order valence-electron chi connectivity index (χ0n) is 18.1. The van der Waals surface area contributed by atoms with E-state index in [1.807, 2.05) is 0 Å². The van der Waals surface area contributed by atoms with Gasteiger partial charge in [0.25, 0.3) is 0 Å². The van der Waals surface area contributed by atoms with Crippen molar-refractivity contribution >= 4 is 5.97 Å². The highest BCUT2D eigenvalue weighted by atomic mass is 19.1. The number of halogens is 1. The number of esters is 1. The maximum Gasteiger partial charge on any atom is 0.338 e. The second kappa shape index (κ2) is 10.5. The Morgan fingerprint density at radius 2 is 2.06 bits per heavy atom. The Kier molecular flexibility index (Phi) is 7.69. The van der Waals surface area contributed by atoms with Gasteiger partial charge >= 0.3 is 5.97 Å². The van der Waals surface area contributed by atoms with E-state index < -0.39 is 17.7 Å². The number of hydrogen-bond acceptors (Lipinski definition) is 6. The second-order valence-electron chi connectivity index (χ2n) is 7.98. The summed E-state index contributed by atoms with van der Waals surface area (Å²) < 4.78 is 30.7. The first-order chi connectivity index (χ1) is 15.0. The molecule has 0 radical (unpaired) electrons. The summed E-state index contributed by atoms with van der Waals surface area (Å²) in [5.41, 5.74) is 7.39. The minimum absolute atomic E-state index is 0.0727. The Balaban J connectivity index is 1.94. The summed E-state index contributed by atoms with van der Waals surface area (Å²) in [6.45, 7) is 4.25. The summed E-state index contributed by atoms with van der Waals surface area (Å²) in [7, 11) is 0. The van der Waals surface area contributed by atoms with E-state index in [0.717, 1.165) is 12.8 Å². The van der Waals surface area contributed by atoms with Crippen LogP contribution in [-0.2, 0) is 25.6 Å². The number of nitrogens with zero attached hydrogens (tertiary/aromatic N) is 1. The molecule has 31 heavy (non-hydrogen) atoms. The third-order valence-electron chi connectivity index (χ3n) is 5.85. The van der Waals surface area contributed by atoms with Crippen molar-refractivity contribution in [1.29, 1.82) is 5.26 Å². The SMILES string of the molecule is CCOC(=O)C1=C(C)OC(N)=C(C#N)C1c1ccc(F)cc1COCC1CCCCC1. The summed E-state index contributed by atoms with van der Waals surface area (Å²) in [4.78, 5) is 12.7. The van der Waals surface area contributed by atoms with Gasteiger partial charge in [0.15, 0.2) is 0 Å². The van der Waals surface area contributed by atoms with Crippen LogP contribution in [0.1, 0.15) is 63.0 Å². The van der Waals surface area contributed by atoms with Crippen molar-refractivity contribution in [2.45, 2.75) is 58.5 Å². The lowest BCUT2D eigenvalue weighted by molar-refractivity contribution is -0.139. The van der Waals surface area contributed by atoms with Gasteiger partial charge in [-0.15, -0.1) is 0 Å². The van der Waals surface area contributed by atoms with Gasteiger partial charge in [-0.25, -0.2) is 9.18 Å². The first-order valence-electron chi connectivity index (χ1n) is 10.8. The summed E-state index contributed by atoms with van der Waals surface area (Å²) in [5, 5.41) is 9.75. The second-order valence-corrected chi connectivity index (χ2v) is 7.98.